The van der Waals surface area contributed by atoms with Gasteiger partial charge in [-0.25, -0.2) is 5.48 Å². The summed E-state index contributed by atoms with van der Waals surface area (Å²) in [5.74, 6) is 4.98. The van der Waals surface area contributed by atoms with E-state index in [1.54, 1.807) is 36.9 Å². The Bertz CT molecular complexity index is 616. The van der Waals surface area contributed by atoms with Crippen LogP contribution in [0.25, 0.3) is 0 Å². The Morgan fingerprint density at radius 2 is 2.04 bits per heavy atom. The van der Waals surface area contributed by atoms with E-state index in [-0.39, 0.29) is 23.8 Å². The van der Waals surface area contributed by atoms with E-state index in [4.69, 9.17) is 9.94 Å². The maximum Gasteiger partial charge on any atom is 0.251 e. The number of benzene rings is 1. The molecule has 23 heavy (non-hydrogen) atoms. The van der Waals surface area contributed by atoms with Crippen LogP contribution in [0.5, 0.6) is 0 Å². The normalized spacial score (nSPS) is 19.6. The molecule has 122 valence electrons. The first-order valence-corrected chi connectivity index (χ1v) is 7.46. The van der Waals surface area contributed by atoms with Gasteiger partial charge in [-0.2, -0.15) is 0 Å². The molecule has 2 rings (SSSR count). The Hall–Kier alpha value is -2.36. The van der Waals surface area contributed by atoms with E-state index in [0.717, 1.165) is 12.0 Å². The molecule has 1 saturated carbocycles. The zero-order valence-electron chi connectivity index (χ0n) is 13.0. The van der Waals surface area contributed by atoms with Crippen molar-refractivity contribution in [2.24, 2.45) is 5.92 Å². The number of nitrogens with one attached hydrogen (secondary N) is 2. The molecule has 0 aromatic heterocycles. The van der Waals surface area contributed by atoms with Crippen molar-refractivity contribution in [3.05, 3.63) is 35.4 Å². The van der Waals surface area contributed by atoms with Crippen LogP contribution in [0, 0.1) is 17.8 Å². The van der Waals surface area contributed by atoms with Crippen LogP contribution in [-0.4, -0.2) is 36.8 Å². The van der Waals surface area contributed by atoms with Gasteiger partial charge in [-0.15, -0.1) is 0 Å². The summed E-state index contributed by atoms with van der Waals surface area (Å²) in [6, 6.07) is 6.96. The number of ether oxygens (including phenoxy) is 1. The number of amides is 2. The predicted molar refractivity (Wildman–Crippen MR) is 83.7 cm³/mol. The first-order valence-electron chi connectivity index (χ1n) is 7.46. The fourth-order valence-corrected chi connectivity index (χ4v) is 2.63. The fourth-order valence-electron chi connectivity index (χ4n) is 2.63. The summed E-state index contributed by atoms with van der Waals surface area (Å²) in [5, 5.41) is 11.6. The van der Waals surface area contributed by atoms with Gasteiger partial charge in [0.05, 0.1) is 0 Å². The number of hydrogen-bond donors (Lipinski definition) is 3. The molecule has 1 aromatic carbocycles. The van der Waals surface area contributed by atoms with Crippen LogP contribution < -0.4 is 10.8 Å². The van der Waals surface area contributed by atoms with Gasteiger partial charge in [-0.1, -0.05) is 11.8 Å². The predicted octanol–water partition coefficient (Wildman–Crippen LogP) is 1.09. The van der Waals surface area contributed by atoms with Crippen molar-refractivity contribution in [2.45, 2.75) is 25.3 Å². The fraction of sp³-hybridized carbons (Fsp3) is 0.412. The highest BCUT2D eigenvalue weighted by molar-refractivity contribution is 5.94. The van der Waals surface area contributed by atoms with Crippen molar-refractivity contribution in [1.29, 1.82) is 0 Å². The maximum absolute atomic E-state index is 12.2. The van der Waals surface area contributed by atoms with Crippen molar-refractivity contribution in [3.8, 4) is 11.8 Å². The van der Waals surface area contributed by atoms with Gasteiger partial charge >= 0.3 is 0 Å². The molecular weight excluding hydrogens is 296 g/mol. The first-order chi connectivity index (χ1) is 11.1. The monoisotopic (exact) mass is 316 g/mol. The van der Waals surface area contributed by atoms with Crippen molar-refractivity contribution in [2.75, 3.05) is 13.7 Å². The molecule has 0 saturated heterocycles. The second kappa shape index (κ2) is 8.32. The number of rotatable bonds is 4. The molecule has 1 aliphatic carbocycles. The van der Waals surface area contributed by atoms with Crippen molar-refractivity contribution >= 4 is 11.8 Å². The molecule has 2 unspecified atom stereocenters. The number of methoxy groups -OCH3 is 1. The van der Waals surface area contributed by atoms with Crippen LogP contribution in [0.2, 0.25) is 0 Å². The van der Waals surface area contributed by atoms with E-state index < -0.39 is 0 Å². The van der Waals surface area contributed by atoms with Crippen LogP contribution in [-0.2, 0) is 9.53 Å². The largest absolute Gasteiger partial charge is 0.372 e. The van der Waals surface area contributed by atoms with E-state index in [2.05, 4.69) is 17.2 Å². The molecule has 1 aliphatic rings. The van der Waals surface area contributed by atoms with E-state index >= 15 is 0 Å². The van der Waals surface area contributed by atoms with Crippen LogP contribution in [0.15, 0.2) is 24.3 Å². The maximum atomic E-state index is 12.2. The Kier molecular flexibility index (Phi) is 6.15. The molecule has 3 N–H and O–H groups in total. The van der Waals surface area contributed by atoms with Crippen LogP contribution in [0.3, 0.4) is 0 Å². The molecule has 2 atom stereocenters. The lowest BCUT2D eigenvalue weighted by Gasteiger charge is -2.13. The smallest absolute Gasteiger partial charge is 0.251 e. The lowest BCUT2D eigenvalue weighted by atomic mass is 10.1. The first kappa shape index (κ1) is 17.0. The third kappa shape index (κ3) is 4.81. The van der Waals surface area contributed by atoms with Crippen LogP contribution in [0.1, 0.15) is 35.2 Å². The molecule has 0 bridgehead atoms. The molecule has 2 amide bonds. The standard InChI is InChI=1S/C17H20N2O4/c1-23-10-2-3-12-4-6-13(7-5-12)16(20)18-15-9-8-14(11-15)17(21)19-22/h4-7,14-15,22H,8-11H2,1H3,(H,18,20)(H,19,21). The SMILES string of the molecule is COCC#Cc1ccc(C(=O)NC2CCC(C(=O)NO)C2)cc1. The Morgan fingerprint density at radius 3 is 2.70 bits per heavy atom. The molecule has 0 spiro atoms. The summed E-state index contributed by atoms with van der Waals surface area (Å²) in [4.78, 5) is 23.6. The van der Waals surface area contributed by atoms with E-state index in [9.17, 15) is 9.59 Å². The number of hydrogen-bond acceptors (Lipinski definition) is 4. The summed E-state index contributed by atoms with van der Waals surface area (Å²) in [7, 11) is 1.58. The summed E-state index contributed by atoms with van der Waals surface area (Å²) in [5.41, 5.74) is 3.04. The van der Waals surface area contributed by atoms with E-state index in [0.29, 0.717) is 25.0 Å². The quantitative estimate of drug-likeness (QED) is 0.441. The van der Waals surface area contributed by atoms with Crippen molar-refractivity contribution in [1.82, 2.24) is 10.8 Å². The topological polar surface area (TPSA) is 87.7 Å². The summed E-state index contributed by atoms with van der Waals surface area (Å²) >= 11 is 0. The lowest BCUT2D eigenvalue weighted by Crippen LogP contribution is -2.34. The molecule has 0 radical (unpaired) electrons. The molecule has 1 aromatic rings. The van der Waals surface area contributed by atoms with Gasteiger partial charge < -0.3 is 10.1 Å². The molecular formula is C17H20N2O4. The Labute approximate surface area is 135 Å². The van der Waals surface area contributed by atoms with Gasteiger partial charge in [0, 0.05) is 30.2 Å². The zero-order chi connectivity index (χ0) is 16.7. The Morgan fingerprint density at radius 1 is 1.30 bits per heavy atom. The number of carbonyl (C=O) groups is 2. The number of carbonyl (C=O) groups excluding carboxylic acids is 2. The van der Waals surface area contributed by atoms with Gasteiger partial charge in [0.15, 0.2) is 0 Å². The summed E-state index contributed by atoms with van der Waals surface area (Å²) < 4.78 is 4.85. The molecule has 0 heterocycles. The zero-order valence-corrected chi connectivity index (χ0v) is 13.0. The molecule has 0 aliphatic heterocycles. The third-order valence-corrected chi connectivity index (χ3v) is 3.85. The minimum absolute atomic E-state index is 0.0500. The van der Waals surface area contributed by atoms with Gasteiger partial charge in [-0.05, 0) is 43.5 Å². The Balaban J connectivity index is 1.89. The number of hydroxylamine groups is 1. The van der Waals surface area contributed by atoms with Crippen molar-refractivity contribution < 1.29 is 19.5 Å². The lowest BCUT2D eigenvalue weighted by molar-refractivity contribution is -0.133. The average molecular weight is 316 g/mol. The second-order valence-corrected chi connectivity index (χ2v) is 5.47. The highest BCUT2D eigenvalue weighted by atomic mass is 16.5. The van der Waals surface area contributed by atoms with Crippen LogP contribution >= 0.6 is 0 Å². The molecule has 6 nitrogen and oxygen atoms in total. The van der Waals surface area contributed by atoms with Crippen molar-refractivity contribution in [3.63, 3.8) is 0 Å². The van der Waals surface area contributed by atoms with Gasteiger partial charge in [0.2, 0.25) is 5.91 Å². The highest BCUT2D eigenvalue weighted by Crippen LogP contribution is 2.25. The molecule has 1 fully saturated rings. The van der Waals surface area contributed by atoms with Gasteiger partial charge in [0.1, 0.15) is 6.61 Å². The highest BCUT2D eigenvalue weighted by Gasteiger charge is 2.30. The molecule has 6 heteroatoms. The minimum Gasteiger partial charge on any atom is -0.372 e. The summed E-state index contributed by atoms with van der Waals surface area (Å²) in [6.45, 7) is 0.368. The minimum atomic E-state index is -0.388. The van der Waals surface area contributed by atoms with Crippen LogP contribution in [0.4, 0.5) is 0 Å². The summed E-state index contributed by atoms with van der Waals surface area (Å²) in [6.07, 6.45) is 1.93. The van der Waals surface area contributed by atoms with Gasteiger partial charge in [0.25, 0.3) is 5.91 Å². The van der Waals surface area contributed by atoms with E-state index in [1.807, 2.05) is 0 Å². The average Bonchev–Trinajstić information content (AvgIpc) is 3.03. The third-order valence-electron chi connectivity index (χ3n) is 3.85. The second-order valence-electron chi connectivity index (χ2n) is 5.47. The van der Waals surface area contributed by atoms with E-state index in [1.165, 1.54) is 0 Å². The van der Waals surface area contributed by atoms with Gasteiger partial charge in [-0.3, -0.25) is 14.8 Å².